The van der Waals surface area contributed by atoms with Crippen LogP contribution < -0.4 is 11.1 Å². The fraction of sp³-hybridized carbons (Fsp3) is 0.548. The highest BCUT2D eigenvalue weighted by Crippen LogP contribution is 2.35. The fourth-order valence-corrected chi connectivity index (χ4v) is 6.01. The van der Waals surface area contributed by atoms with E-state index in [1.165, 1.54) is 16.7 Å². The van der Waals surface area contributed by atoms with Crippen LogP contribution in [0.4, 0.5) is 0 Å². The number of hydrogen-bond acceptors (Lipinski definition) is 4. The molecule has 6 nitrogen and oxygen atoms in total. The van der Waals surface area contributed by atoms with Crippen molar-refractivity contribution in [3.05, 3.63) is 71.3 Å². The van der Waals surface area contributed by atoms with Crippen molar-refractivity contribution in [2.24, 2.45) is 11.7 Å². The summed E-state index contributed by atoms with van der Waals surface area (Å²) < 4.78 is 0. The predicted molar refractivity (Wildman–Crippen MR) is 147 cm³/mol. The van der Waals surface area contributed by atoms with E-state index < -0.39 is 0 Å². The molecule has 2 aromatic rings. The Bertz CT molecular complexity index is 1060. The Balaban J connectivity index is 1.33. The highest BCUT2D eigenvalue weighted by atomic mass is 16.2. The number of aryl methyl sites for hydroxylation is 1. The molecule has 198 valence electrons. The Kier molecular flexibility index (Phi) is 8.26. The lowest BCUT2D eigenvalue weighted by atomic mass is 9.91. The van der Waals surface area contributed by atoms with Gasteiger partial charge >= 0.3 is 0 Å². The number of nitrogens with one attached hydrogen (secondary N) is 1. The summed E-state index contributed by atoms with van der Waals surface area (Å²) in [4.78, 5) is 31.3. The fourth-order valence-electron chi connectivity index (χ4n) is 6.01. The van der Waals surface area contributed by atoms with E-state index in [-0.39, 0.29) is 41.9 Å². The van der Waals surface area contributed by atoms with E-state index in [1.54, 1.807) is 0 Å². The normalized spacial score (nSPS) is 25.9. The summed E-state index contributed by atoms with van der Waals surface area (Å²) in [6.07, 6.45) is 7.30. The first-order valence-electron chi connectivity index (χ1n) is 14.2. The maximum atomic E-state index is 13.6. The minimum atomic E-state index is -0.384. The van der Waals surface area contributed by atoms with Crippen LogP contribution in [0.1, 0.15) is 61.6 Å². The second kappa shape index (κ2) is 11.8. The number of likely N-dealkylation sites (tertiary alicyclic amines) is 1. The molecule has 5 rings (SSSR count). The zero-order chi connectivity index (χ0) is 25.8. The largest absolute Gasteiger partial charge is 0.352 e. The van der Waals surface area contributed by atoms with Crippen LogP contribution in [0.15, 0.2) is 54.6 Å². The number of hydrogen-bond donors (Lipinski definition) is 2. The number of rotatable bonds is 9. The van der Waals surface area contributed by atoms with Crippen molar-refractivity contribution < 1.29 is 9.59 Å². The Labute approximate surface area is 221 Å². The number of amides is 2. The zero-order valence-electron chi connectivity index (χ0n) is 22.1. The lowest BCUT2D eigenvalue weighted by Crippen LogP contribution is -2.50. The molecule has 2 saturated carbocycles. The zero-order valence-corrected chi connectivity index (χ0v) is 22.1. The van der Waals surface area contributed by atoms with Crippen LogP contribution in [-0.2, 0) is 22.6 Å². The molecule has 0 aromatic heterocycles. The summed E-state index contributed by atoms with van der Waals surface area (Å²) in [5.74, 6) is 0.305. The average Bonchev–Trinajstić information content (AvgIpc) is 3.67. The second-order valence-corrected chi connectivity index (χ2v) is 11.4. The van der Waals surface area contributed by atoms with Gasteiger partial charge in [-0.05, 0) is 75.0 Å². The molecule has 1 aliphatic heterocycles. The minimum absolute atomic E-state index is 0.0240. The summed E-state index contributed by atoms with van der Waals surface area (Å²) in [7, 11) is 0. The predicted octanol–water partition coefficient (Wildman–Crippen LogP) is 3.81. The van der Waals surface area contributed by atoms with Crippen molar-refractivity contribution in [2.45, 2.75) is 89.0 Å². The standard InChI is InChI=1S/C31H42N4O2/c1-22-7-5-6-10-25(22)20-34(18-17-23-8-3-2-4-9-23)28-19-29(35(21-28)31(37)24-11-12-24)30(36)33-27-15-13-26(32)14-16-27/h2-10,24,26-29H,11-21,32H2,1H3,(H,33,36). The highest BCUT2D eigenvalue weighted by molar-refractivity contribution is 5.90. The molecule has 37 heavy (non-hydrogen) atoms. The first kappa shape index (κ1) is 25.9. The van der Waals surface area contributed by atoms with Gasteiger partial charge in [-0.2, -0.15) is 0 Å². The SMILES string of the molecule is Cc1ccccc1CN(CCc1ccccc1)C1CC(C(=O)NC2CCC(N)CC2)N(C(=O)C2CC2)C1. The molecule has 1 saturated heterocycles. The molecule has 1 heterocycles. The van der Waals surface area contributed by atoms with Crippen molar-refractivity contribution in [1.29, 1.82) is 0 Å². The van der Waals surface area contributed by atoms with Gasteiger partial charge in [-0.15, -0.1) is 0 Å². The van der Waals surface area contributed by atoms with Gasteiger partial charge in [-0.25, -0.2) is 0 Å². The molecule has 3 fully saturated rings. The lowest BCUT2D eigenvalue weighted by Gasteiger charge is -2.30. The number of carbonyl (C=O) groups excluding carboxylic acids is 2. The molecule has 3 aliphatic rings. The third-order valence-electron chi connectivity index (χ3n) is 8.59. The second-order valence-electron chi connectivity index (χ2n) is 11.4. The van der Waals surface area contributed by atoms with Crippen LogP contribution in [0.5, 0.6) is 0 Å². The van der Waals surface area contributed by atoms with E-state index in [9.17, 15) is 9.59 Å². The number of nitrogens with two attached hydrogens (primary N) is 1. The summed E-state index contributed by atoms with van der Waals surface area (Å²) in [6, 6.07) is 19.3. The van der Waals surface area contributed by atoms with Crippen molar-refractivity contribution >= 4 is 11.8 Å². The molecule has 2 amide bonds. The molecule has 0 bridgehead atoms. The number of carbonyl (C=O) groups is 2. The first-order valence-corrected chi connectivity index (χ1v) is 14.2. The summed E-state index contributed by atoms with van der Waals surface area (Å²) in [5.41, 5.74) is 9.97. The molecule has 2 aromatic carbocycles. The topological polar surface area (TPSA) is 78.7 Å². The monoisotopic (exact) mass is 502 g/mol. The van der Waals surface area contributed by atoms with Crippen molar-refractivity contribution in [2.75, 3.05) is 13.1 Å². The van der Waals surface area contributed by atoms with Gasteiger partial charge in [0, 0.05) is 43.7 Å². The number of nitrogens with zero attached hydrogens (tertiary/aromatic N) is 2. The Hall–Kier alpha value is -2.70. The maximum absolute atomic E-state index is 13.6. The highest BCUT2D eigenvalue weighted by Gasteiger charge is 2.46. The molecule has 0 radical (unpaired) electrons. The average molecular weight is 503 g/mol. The Morgan fingerprint density at radius 3 is 2.38 bits per heavy atom. The molecular weight excluding hydrogens is 460 g/mol. The minimum Gasteiger partial charge on any atom is -0.352 e. The van der Waals surface area contributed by atoms with E-state index in [2.05, 4.69) is 71.7 Å². The molecule has 3 N–H and O–H groups in total. The first-order chi connectivity index (χ1) is 18.0. The van der Waals surface area contributed by atoms with Crippen molar-refractivity contribution in [3.63, 3.8) is 0 Å². The van der Waals surface area contributed by atoms with Crippen molar-refractivity contribution in [1.82, 2.24) is 15.1 Å². The van der Waals surface area contributed by atoms with E-state index in [0.717, 1.165) is 58.0 Å². The van der Waals surface area contributed by atoms with Gasteiger partial charge < -0.3 is 16.0 Å². The van der Waals surface area contributed by atoms with Gasteiger partial charge in [0.1, 0.15) is 6.04 Å². The van der Waals surface area contributed by atoms with E-state index in [1.807, 2.05) is 4.90 Å². The molecule has 2 atom stereocenters. The smallest absolute Gasteiger partial charge is 0.243 e. The third-order valence-corrected chi connectivity index (χ3v) is 8.59. The lowest BCUT2D eigenvalue weighted by molar-refractivity contribution is -0.139. The van der Waals surface area contributed by atoms with Crippen LogP contribution in [0.3, 0.4) is 0 Å². The third kappa shape index (κ3) is 6.60. The number of benzene rings is 2. The summed E-state index contributed by atoms with van der Waals surface area (Å²) in [5, 5.41) is 3.29. The van der Waals surface area contributed by atoms with E-state index >= 15 is 0 Å². The van der Waals surface area contributed by atoms with Gasteiger partial charge in [0.15, 0.2) is 0 Å². The summed E-state index contributed by atoms with van der Waals surface area (Å²) >= 11 is 0. The van der Waals surface area contributed by atoms with Crippen LogP contribution in [0.25, 0.3) is 0 Å². The Morgan fingerprint density at radius 2 is 1.68 bits per heavy atom. The molecule has 6 heteroatoms. The van der Waals surface area contributed by atoms with Gasteiger partial charge in [-0.1, -0.05) is 54.6 Å². The molecule has 0 spiro atoms. The Morgan fingerprint density at radius 1 is 0.973 bits per heavy atom. The van der Waals surface area contributed by atoms with Gasteiger partial charge in [0.05, 0.1) is 0 Å². The van der Waals surface area contributed by atoms with Gasteiger partial charge in [0.25, 0.3) is 0 Å². The van der Waals surface area contributed by atoms with Crippen molar-refractivity contribution in [3.8, 4) is 0 Å². The molecular formula is C31H42N4O2. The van der Waals surface area contributed by atoms with Crippen LogP contribution in [-0.4, -0.2) is 58.9 Å². The van der Waals surface area contributed by atoms with Crippen LogP contribution in [0.2, 0.25) is 0 Å². The summed E-state index contributed by atoms with van der Waals surface area (Å²) in [6.45, 7) is 4.51. The van der Waals surface area contributed by atoms with Crippen LogP contribution in [0, 0.1) is 12.8 Å². The van der Waals surface area contributed by atoms with E-state index in [4.69, 9.17) is 5.73 Å². The maximum Gasteiger partial charge on any atom is 0.243 e. The van der Waals surface area contributed by atoms with Gasteiger partial charge in [-0.3, -0.25) is 14.5 Å². The van der Waals surface area contributed by atoms with E-state index in [0.29, 0.717) is 13.0 Å². The van der Waals surface area contributed by atoms with Crippen LogP contribution >= 0.6 is 0 Å². The van der Waals surface area contributed by atoms with Gasteiger partial charge in [0.2, 0.25) is 11.8 Å². The molecule has 2 unspecified atom stereocenters. The quantitative estimate of drug-likeness (QED) is 0.547. The molecule has 2 aliphatic carbocycles.